The van der Waals surface area contributed by atoms with Crippen LogP contribution in [0.5, 0.6) is 0 Å². The van der Waals surface area contributed by atoms with E-state index in [1.807, 2.05) is 0 Å². The molecule has 0 bridgehead atoms. The van der Waals surface area contributed by atoms with E-state index in [2.05, 4.69) is 16.0 Å². The summed E-state index contributed by atoms with van der Waals surface area (Å²) < 4.78 is 0. The second-order valence-corrected chi connectivity index (χ2v) is 7.48. The normalized spacial score (nSPS) is 14.6. The first-order valence-corrected chi connectivity index (χ1v) is 9.72. The first kappa shape index (κ1) is 27.8. The molecule has 4 unspecified atom stereocenters. The smallest absolute Gasteiger partial charge is 0.325 e. The molecule has 0 aliphatic rings. The van der Waals surface area contributed by atoms with E-state index in [0.29, 0.717) is 0 Å². The quantitative estimate of drug-likeness (QED) is 0.146. The summed E-state index contributed by atoms with van der Waals surface area (Å²) in [5.74, 6) is -5.29. The Morgan fingerprint density at radius 1 is 0.774 bits per heavy atom. The number of aliphatic carboxylic acids is 1. The van der Waals surface area contributed by atoms with Crippen molar-refractivity contribution in [3.8, 4) is 0 Å². The van der Waals surface area contributed by atoms with Crippen LogP contribution in [0.4, 0.5) is 0 Å². The highest BCUT2D eigenvalue weighted by atomic mass is 16.4. The van der Waals surface area contributed by atoms with Gasteiger partial charge < -0.3 is 38.3 Å². The highest BCUT2D eigenvalue weighted by molar-refractivity contribution is 5.94. The van der Waals surface area contributed by atoms with Crippen molar-refractivity contribution in [3.05, 3.63) is 0 Å². The lowest BCUT2D eigenvalue weighted by atomic mass is 10.0. The Balaban J connectivity index is 5.29. The molecule has 0 aromatic carbocycles. The molecule has 0 aliphatic heterocycles. The maximum atomic E-state index is 12.7. The Labute approximate surface area is 179 Å². The Morgan fingerprint density at radius 3 is 1.74 bits per heavy atom. The van der Waals surface area contributed by atoms with Gasteiger partial charge in [0.25, 0.3) is 0 Å². The number of hydrogen-bond donors (Lipinski definition) is 7. The van der Waals surface area contributed by atoms with Gasteiger partial charge >= 0.3 is 5.97 Å². The van der Waals surface area contributed by atoms with Crippen LogP contribution in [-0.2, 0) is 28.8 Å². The van der Waals surface area contributed by atoms with Crippen LogP contribution in [-0.4, -0.2) is 64.8 Å². The third-order valence-electron chi connectivity index (χ3n) is 4.33. The zero-order valence-corrected chi connectivity index (χ0v) is 17.8. The Kier molecular flexibility index (Phi) is 11.8. The maximum Gasteiger partial charge on any atom is 0.325 e. The predicted octanol–water partition coefficient (Wildman–Crippen LogP) is -2.94. The molecule has 0 heterocycles. The summed E-state index contributed by atoms with van der Waals surface area (Å²) in [6, 6.07) is -4.66. The van der Waals surface area contributed by atoms with Crippen molar-refractivity contribution in [1.29, 1.82) is 0 Å². The van der Waals surface area contributed by atoms with Crippen LogP contribution in [0.3, 0.4) is 0 Å². The number of primary amides is 2. The summed E-state index contributed by atoms with van der Waals surface area (Å²) in [4.78, 5) is 70.3. The molecular formula is C18H32N6O7. The van der Waals surface area contributed by atoms with Crippen LogP contribution in [0.15, 0.2) is 0 Å². The zero-order chi connectivity index (χ0) is 24.3. The summed E-state index contributed by atoms with van der Waals surface area (Å²) >= 11 is 0. The van der Waals surface area contributed by atoms with Crippen LogP contribution in [0.1, 0.15) is 46.5 Å². The van der Waals surface area contributed by atoms with Gasteiger partial charge in [0.05, 0.1) is 6.04 Å². The second-order valence-electron chi connectivity index (χ2n) is 7.48. The van der Waals surface area contributed by atoms with Gasteiger partial charge in [-0.2, -0.15) is 0 Å². The van der Waals surface area contributed by atoms with Gasteiger partial charge in [0.2, 0.25) is 29.5 Å². The molecule has 13 heteroatoms. The fourth-order valence-corrected chi connectivity index (χ4v) is 2.42. The number of amides is 5. The van der Waals surface area contributed by atoms with Crippen molar-refractivity contribution in [2.45, 2.75) is 70.6 Å². The molecule has 0 fully saturated rings. The minimum atomic E-state index is -1.29. The van der Waals surface area contributed by atoms with Crippen LogP contribution in [0.2, 0.25) is 0 Å². The Bertz CT molecular complexity index is 697. The number of hydrogen-bond acceptors (Lipinski definition) is 7. The number of carboxylic acid groups (broad SMARTS) is 1. The fraction of sp³-hybridized carbons (Fsp3) is 0.667. The molecular weight excluding hydrogens is 412 g/mol. The van der Waals surface area contributed by atoms with E-state index in [4.69, 9.17) is 22.3 Å². The van der Waals surface area contributed by atoms with Crippen molar-refractivity contribution in [3.63, 3.8) is 0 Å². The van der Waals surface area contributed by atoms with Crippen LogP contribution in [0, 0.1) is 5.92 Å². The van der Waals surface area contributed by atoms with E-state index < -0.39 is 65.6 Å². The third kappa shape index (κ3) is 10.9. The van der Waals surface area contributed by atoms with Gasteiger partial charge in [-0.15, -0.1) is 0 Å². The Hall–Kier alpha value is -3.22. The maximum absolute atomic E-state index is 12.7. The summed E-state index contributed by atoms with van der Waals surface area (Å²) in [6.07, 6.45) is -0.527. The van der Waals surface area contributed by atoms with E-state index in [-0.39, 0.29) is 25.7 Å². The monoisotopic (exact) mass is 444 g/mol. The first-order chi connectivity index (χ1) is 14.3. The lowest BCUT2D eigenvalue weighted by molar-refractivity contribution is -0.142. The summed E-state index contributed by atoms with van der Waals surface area (Å²) in [7, 11) is 0. The SMILES string of the molecule is CC(NC(=O)C(CCC(N)=O)NC(=O)C(NC(=O)C(N)CCC(N)=O)C(C)C)C(=O)O. The topological polar surface area (TPSA) is 237 Å². The number of carbonyl (C=O) groups is 6. The lowest BCUT2D eigenvalue weighted by Crippen LogP contribution is -2.58. The minimum absolute atomic E-state index is 0.00960. The summed E-state index contributed by atoms with van der Waals surface area (Å²) in [5, 5.41) is 16.0. The van der Waals surface area contributed by atoms with Crippen LogP contribution >= 0.6 is 0 Å². The molecule has 0 aliphatic carbocycles. The average Bonchev–Trinajstić information content (AvgIpc) is 2.65. The molecule has 31 heavy (non-hydrogen) atoms. The van der Waals surface area contributed by atoms with Gasteiger partial charge in [0.1, 0.15) is 18.1 Å². The number of carboxylic acids is 1. The summed E-state index contributed by atoms with van der Waals surface area (Å²) in [5.41, 5.74) is 15.8. The number of carbonyl (C=O) groups excluding carboxylic acids is 5. The zero-order valence-electron chi connectivity index (χ0n) is 17.8. The van der Waals surface area contributed by atoms with Crippen molar-refractivity contribution in [1.82, 2.24) is 16.0 Å². The fourth-order valence-electron chi connectivity index (χ4n) is 2.42. The molecule has 13 nitrogen and oxygen atoms in total. The minimum Gasteiger partial charge on any atom is -0.480 e. The van der Waals surface area contributed by atoms with Crippen molar-refractivity contribution >= 4 is 35.5 Å². The first-order valence-electron chi connectivity index (χ1n) is 9.72. The van der Waals surface area contributed by atoms with Crippen LogP contribution in [0.25, 0.3) is 0 Å². The number of rotatable bonds is 14. The number of nitrogens with one attached hydrogen (secondary N) is 3. The molecule has 10 N–H and O–H groups in total. The van der Waals surface area contributed by atoms with Crippen molar-refractivity contribution in [2.75, 3.05) is 0 Å². The lowest BCUT2D eigenvalue weighted by Gasteiger charge is -2.26. The second kappa shape index (κ2) is 13.2. The van der Waals surface area contributed by atoms with Gasteiger partial charge in [-0.25, -0.2) is 0 Å². The summed E-state index contributed by atoms with van der Waals surface area (Å²) in [6.45, 7) is 4.52. The van der Waals surface area contributed by atoms with Gasteiger partial charge in [-0.1, -0.05) is 13.8 Å². The van der Waals surface area contributed by atoms with Crippen LogP contribution < -0.4 is 33.2 Å². The molecule has 5 amide bonds. The van der Waals surface area contributed by atoms with E-state index in [9.17, 15) is 28.8 Å². The van der Waals surface area contributed by atoms with Gasteiger partial charge in [0.15, 0.2) is 0 Å². The highest BCUT2D eigenvalue weighted by Crippen LogP contribution is 2.06. The van der Waals surface area contributed by atoms with E-state index in [1.165, 1.54) is 6.92 Å². The Morgan fingerprint density at radius 2 is 1.29 bits per heavy atom. The molecule has 0 aromatic heterocycles. The predicted molar refractivity (Wildman–Crippen MR) is 109 cm³/mol. The average molecular weight is 444 g/mol. The molecule has 4 atom stereocenters. The van der Waals surface area contributed by atoms with Crippen molar-refractivity contribution in [2.24, 2.45) is 23.1 Å². The largest absolute Gasteiger partial charge is 0.480 e. The van der Waals surface area contributed by atoms with Gasteiger partial charge in [-0.05, 0) is 25.7 Å². The standard InChI is InChI=1S/C18H32N6O7/c1-8(2)14(24-15(27)10(19)4-6-12(20)25)17(29)23-11(5-7-13(21)26)16(28)22-9(3)18(30)31/h8-11,14H,4-7,19H2,1-3H3,(H2,20,25)(H2,21,26)(H,22,28)(H,23,29)(H,24,27)(H,30,31). The molecule has 176 valence electrons. The molecule has 0 radical (unpaired) electrons. The van der Waals surface area contributed by atoms with E-state index in [1.54, 1.807) is 13.8 Å². The molecule has 0 saturated heterocycles. The molecule has 0 rings (SSSR count). The van der Waals surface area contributed by atoms with E-state index in [0.717, 1.165) is 0 Å². The van der Waals surface area contributed by atoms with Crippen molar-refractivity contribution < 1.29 is 33.9 Å². The number of nitrogens with two attached hydrogens (primary N) is 3. The van der Waals surface area contributed by atoms with Gasteiger partial charge in [0, 0.05) is 12.8 Å². The van der Waals surface area contributed by atoms with E-state index >= 15 is 0 Å². The highest BCUT2D eigenvalue weighted by Gasteiger charge is 2.31. The van der Waals surface area contributed by atoms with Gasteiger partial charge in [-0.3, -0.25) is 28.8 Å². The third-order valence-corrected chi connectivity index (χ3v) is 4.33. The molecule has 0 spiro atoms. The molecule has 0 saturated carbocycles. The molecule has 0 aromatic rings.